The molecule has 0 bridgehead atoms. The van der Waals surface area contributed by atoms with Crippen LogP contribution in [0.2, 0.25) is 5.02 Å². The van der Waals surface area contributed by atoms with Crippen molar-refractivity contribution in [2.75, 3.05) is 31.6 Å². The Bertz CT molecular complexity index is 1700. The molecule has 9 nitrogen and oxygen atoms in total. The molecule has 3 aromatic carbocycles. The average Bonchev–Trinajstić information content (AvgIpc) is 3.11. The predicted octanol–water partition coefficient (Wildman–Crippen LogP) is 8.76. The first kappa shape index (κ1) is 38.0. The van der Waals surface area contributed by atoms with Crippen molar-refractivity contribution in [1.29, 1.82) is 0 Å². The quantitative estimate of drug-likeness (QED) is 0.208. The fraction of sp³-hybridized carbons (Fsp3) is 0.488. The number of amides is 3. The van der Waals surface area contributed by atoms with Crippen LogP contribution in [-0.2, 0) is 20.7 Å². The molecule has 0 aliphatic carbocycles. The summed E-state index contributed by atoms with van der Waals surface area (Å²) in [5.74, 6) is 1.14. The Labute approximate surface area is 307 Å². The zero-order valence-corrected chi connectivity index (χ0v) is 32.0. The molecule has 2 aliphatic heterocycles. The molecule has 0 saturated carbocycles. The lowest BCUT2D eigenvalue weighted by Crippen LogP contribution is -2.46. The SMILES string of the molecule is CC[C@@H](C)Oc1cc2c(cc1OC)CC(=O)N(c1ccc(C(C)N(CC)C(=O)C3CCN(C(=O)OC(C)(C)C)CC3)cc1)C2c1ccc(Cl)cc1. The third kappa shape index (κ3) is 8.63. The number of carbonyl (C=O) groups excluding carboxylic acids is 3. The predicted molar refractivity (Wildman–Crippen MR) is 201 cm³/mol. The summed E-state index contributed by atoms with van der Waals surface area (Å²) in [5, 5.41) is 0.616. The Morgan fingerprint density at radius 2 is 1.61 bits per heavy atom. The molecule has 0 radical (unpaired) electrons. The van der Waals surface area contributed by atoms with Gasteiger partial charge in [0, 0.05) is 36.3 Å². The molecule has 1 saturated heterocycles. The van der Waals surface area contributed by atoms with Crippen LogP contribution in [0, 0.1) is 5.92 Å². The summed E-state index contributed by atoms with van der Waals surface area (Å²) in [5.41, 5.74) is 3.95. The van der Waals surface area contributed by atoms with Crippen molar-refractivity contribution in [3.8, 4) is 11.5 Å². The van der Waals surface area contributed by atoms with Crippen LogP contribution in [0.4, 0.5) is 10.5 Å². The number of halogens is 1. The van der Waals surface area contributed by atoms with Gasteiger partial charge >= 0.3 is 6.09 Å². The van der Waals surface area contributed by atoms with E-state index in [1.807, 2.05) is 112 Å². The molecule has 5 rings (SSSR count). The largest absolute Gasteiger partial charge is 0.493 e. The number of methoxy groups -OCH3 is 1. The first-order valence-electron chi connectivity index (χ1n) is 18.1. The average molecular weight is 718 g/mol. The van der Waals surface area contributed by atoms with E-state index >= 15 is 0 Å². The maximum absolute atomic E-state index is 14.0. The summed E-state index contributed by atoms with van der Waals surface area (Å²) in [6.07, 6.45) is 1.90. The number of rotatable bonds is 10. The lowest BCUT2D eigenvalue weighted by molar-refractivity contribution is -0.139. The van der Waals surface area contributed by atoms with E-state index in [9.17, 15) is 14.4 Å². The highest BCUT2D eigenvalue weighted by Crippen LogP contribution is 2.44. The normalized spacial score (nSPS) is 17.7. The molecule has 0 spiro atoms. The Hall–Kier alpha value is -4.24. The zero-order chi connectivity index (χ0) is 37.0. The lowest BCUT2D eigenvalue weighted by atomic mass is 9.86. The maximum atomic E-state index is 14.0. The van der Waals surface area contributed by atoms with Crippen molar-refractivity contribution in [1.82, 2.24) is 9.80 Å². The van der Waals surface area contributed by atoms with Gasteiger partial charge in [0.2, 0.25) is 11.8 Å². The Balaban J connectivity index is 1.39. The number of piperidine rings is 1. The van der Waals surface area contributed by atoms with Crippen LogP contribution in [-0.4, -0.2) is 66.2 Å². The number of benzene rings is 3. The number of anilines is 1. The standard InChI is InChI=1S/C41H52ClN3O6/c1-9-26(3)50-36-25-34-31(23-35(36)49-8)24-37(46)45(38(34)29-11-15-32(42)16-12-29)33-17-13-28(14-18-33)27(4)44(10-2)39(47)30-19-21-43(22-20-30)40(48)51-41(5,6)7/h11-18,23,25-27,30,38H,9-10,19-22,24H2,1-8H3/t26-,27?,38?/m1/s1. The van der Waals surface area contributed by atoms with E-state index in [4.69, 9.17) is 25.8 Å². The number of likely N-dealkylation sites (tertiary alicyclic amines) is 1. The smallest absolute Gasteiger partial charge is 0.410 e. The van der Waals surface area contributed by atoms with Gasteiger partial charge in [-0.2, -0.15) is 0 Å². The molecule has 3 amide bonds. The molecule has 274 valence electrons. The van der Waals surface area contributed by atoms with Gasteiger partial charge in [-0.05, 0) is 119 Å². The molecule has 1 fully saturated rings. The van der Waals surface area contributed by atoms with Crippen LogP contribution in [0.25, 0.3) is 0 Å². The molecule has 0 N–H and O–H groups in total. The minimum atomic E-state index is -0.560. The van der Waals surface area contributed by atoms with E-state index in [0.29, 0.717) is 49.0 Å². The van der Waals surface area contributed by atoms with E-state index in [1.54, 1.807) is 12.0 Å². The van der Waals surface area contributed by atoms with Gasteiger partial charge in [-0.15, -0.1) is 0 Å². The second-order valence-electron chi connectivity index (χ2n) is 14.6. The summed E-state index contributed by atoms with van der Waals surface area (Å²) in [6.45, 7) is 15.2. The summed E-state index contributed by atoms with van der Waals surface area (Å²) >= 11 is 6.30. The molecule has 3 atom stereocenters. The van der Waals surface area contributed by atoms with E-state index < -0.39 is 11.6 Å². The van der Waals surface area contributed by atoms with E-state index in [-0.39, 0.29) is 42.4 Å². The van der Waals surface area contributed by atoms with E-state index in [0.717, 1.165) is 34.4 Å². The molecule has 2 heterocycles. The van der Waals surface area contributed by atoms with Gasteiger partial charge in [-0.3, -0.25) is 9.59 Å². The van der Waals surface area contributed by atoms with Crippen molar-refractivity contribution >= 4 is 35.2 Å². The van der Waals surface area contributed by atoms with Gasteiger partial charge in [0.1, 0.15) is 5.60 Å². The van der Waals surface area contributed by atoms with Crippen molar-refractivity contribution in [3.63, 3.8) is 0 Å². The van der Waals surface area contributed by atoms with Crippen molar-refractivity contribution in [3.05, 3.63) is 87.9 Å². The Kier molecular flexibility index (Phi) is 11.9. The number of fused-ring (bicyclic) bond motifs is 1. The van der Waals surface area contributed by atoms with Gasteiger partial charge < -0.3 is 28.9 Å². The molecule has 10 heteroatoms. The molecule has 3 aromatic rings. The molecule has 0 aromatic heterocycles. The van der Waals surface area contributed by atoms with Gasteiger partial charge in [0.15, 0.2) is 11.5 Å². The summed E-state index contributed by atoms with van der Waals surface area (Å²) < 4.78 is 17.5. The van der Waals surface area contributed by atoms with E-state index in [2.05, 4.69) is 6.92 Å². The number of nitrogens with zero attached hydrogens (tertiary/aromatic N) is 3. The maximum Gasteiger partial charge on any atom is 0.410 e. The highest BCUT2D eigenvalue weighted by Gasteiger charge is 2.37. The zero-order valence-electron chi connectivity index (χ0n) is 31.2. The van der Waals surface area contributed by atoms with Crippen molar-refractivity contribution in [2.24, 2.45) is 5.92 Å². The molecule has 2 unspecified atom stereocenters. The van der Waals surface area contributed by atoms with Crippen molar-refractivity contribution in [2.45, 2.75) is 97.9 Å². The Morgan fingerprint density at radius 3 is 2.18 bits per heavy atom. The minimum absolute atomic E-state index is 0.0126. The first-order valence-corrected chi connectivity index (χ1v) is 18.5. The van der Waals surface area contributed by atoms with Gasteiger partial charge in [0.25, 0.3) is 0 Å². The monoisotopic (exact) mass is 717 g/mol. The third-order valence-electron chi connectivity index (χ3n) is 9.92. The fourth-order valence-electron chi connectivity index (χ4n) is 6.96. The number of carbonyl (C=O) groups is 3. The molecule has 51 heavy (non-hydrogen) atoms. The summed E-state index contributed by atoms with van der Waals surface area (Å²) in [4.78, 5) is 45.9. The number of hydrogen-bond donors (Lipinski definition) is 0. The highest BCUT2D eigenvalue weighted by molar-refractivity contribution is 6.30. The van der Waals surface area contributed by atoms with Gasteiger partial charge in [0.05, 0.1) is 31.7 Å². The van der Waals surface area contributed by atoms with Crippen LogP contribution in [0.5, 0.6) is 11.5 Å². The minimum Gasteiger partial charge on any atom is -0.493 e. The van der Waals surface area contributed by atoms with Crippen LogP contribution < -0.4 is 14.4 Å². The second-order valence-corrected chi connectivity index (χ2v) is 15.0. The van der Waals surface area contributed by atoms with Gasteiger partial charge in [-0.25, -0.2) is 4.79 Å². The molecule has 2 aliphatic rings. The third-order valence-corrected chi connectivity index (χ3v) is 10.2. The van der Waals surface area contributed by atoms with Crippen LogP contribution >= 0.6 is 11.6 Å². The first-order chi connectivity index (χ1) is 24.2. The summed E-state index contributed by atoms with van der Waals surface area (Å²) in [7, 11) is 1.62. The molecular formula is C41H52ClN3O6. The number of hydrogen-bond acceptors (Lipinski definition) is 6. The van der Waals surface area contributed by atoms with Gasteiger partial charge in [-0.1, -0.05) is 42.8 Å². The fourth-order valence-corrected chi connectivity index (χ4v) is 7.08. The summed E-state index contributed by atoms with van der Waals surface area (Å²) in [6, 6.07) is 18.9. The topological polar surface area (TPSA) is 88.6 Å². The second kappa shape index (κ2) is 16.0. The molecular weight excluding hydrogens is 666 g/mol. The van der Waals surface area contributed by atoms with Crippen molar-refractivity contribution < 1.29 is 28.6 Å². The van der Waals surface area contributed by atoms with E-state index in [1.165, 1.54) is 0 Å². The van der Waals surface area contributed by atoms with Crippen LogP contribution in [0.15, 0.2) is 60.7 Å². The Morgan fingerprint density at radius 1 is 0.961 bits per heavy atom. The van der Waals surface area contributed by atoms with Crippen LogP contribution in [0.1, 0.15) is 102 Å². The number of ether oxygens (including phenoxy) is 3. The van der Waals surface area contributed by atoms with Crippen LogP contribution in [0.3, 0.4) is 0 Å². The highest BCUT2D eigenvalue weighted by atomic mass is 35.5. The lowest BCUT2D eigenvalue weighted by Gasteiger charge is -2.39.